The first-order chi connectivity index (χ1) is 5.49. The average Bonchev–Trinajstić information content (AvgIpc) is 2.02. The first-order valence-electron chi connectivity index (χ1n) is 3.26. The minimum absolute atomic E-state index is 0.0598. The van der Waals surface area contributed by atoms with Crippen LogP contribution in [-0.4, -0.2) is 17.7 Å². The monoisotopic (exact) mass is 166 g/mol. The molecule has 0 saturated carbocycles. The summed E-state index contributed by atoms with van der Waals surface area (Å²) in [6.45, 7) is 6.24. The molecule has 0 aromatic rings. The van der Waals surface area contributed by atoms with Gasteiger partial charge < -0.3 is 0 Å². The van der Waals surface area contributed by atoms with Crippen LogP contribution >= 0.6 is 0 Å². The van der Waals surface area contributed by atoms with Crippen LogP contribution in [0.15, 0.2) is 17.7 Å². The van der Waals surface area contributed by atoms with Crippen LogP contribution in [-0.2, 0) is 9.59 Å². The molecule has 0 spiro atoms. The lowest BCUT2D eigenvalue weighted by atomic mass is 10.3. The summed E-state index contributed by atoms with van der Waals surface area (Å²) in [5.41, 5.74) is 0.311. The van der Waals surface area contributed by atoms with Crippen molar-refractivity contribution in [1.82, 2.24) is 5.32 Å². The number of nitrogens with one attached hydrogen (secondary N) is 2. The number of imide groups is 1. The van der Waals surface area contributed by atoms with Crippen LogP contribution < -0.4 is 5.32 Å². The maximum Gasteiger partial charge on any atom is 0.263 e. The molecule has 4 nitrogen and oxygen atoms in total. The van der Waals surface area contributed by atoms with Crippen molar-refractivity contribution in [3.8, 4) is 0 Å². The van der Waals surface area contributed by atoms with Crippen molar-refractivity contribution < 1.29 is 9.59 Å². The smallest absolute Gasteiger partial charge is 0.263 e. The Morgan fingerprint density at radius 3 is 2.17 bits per heavy atom. The van der Waals surface area contributed by atoms with Gasteiger partial charge in [-0.1, -0.05) is 6.58 Å². The quantitative estimate of drug-likeness (QED) is 0.460. The number of amides is 2. The van der Waals surface area contributed by atoms with Crippen molar-refractivity contribution in [3.05, 3.63) is 17.7 Å². The fourth-order valence-electron chi connectivity index (χ4n) is 0.360. The number of hydrogen-bond acceptors (Lipinski definition) is 3. The zero-order valence-electron chi connectivity index (χ0n) is 7.02. The van der Waals surface area contributed by atoms with Crippen molar-refractivity contribution in [1.29, 1.82) is 5.41 Å². The third-order valence-corrected chi connectivity index (χ3v) is 1.14. The molecule has 0 radical (unpaired) electrons. The Labute approximate surface area is 70.5 Å². The Morgan fingerprint density at radius 1 is 1.33 bits per heavy atom. The highest BCUT2D eigenvalue weighted by Crippen LogP contribution is 1.89. The molecule has 2 N–H and O–H groups in total. The van der Waals surface area contributed by atoms with Gasteiger partial charge in [-0.05, 0) is 19.7 Å². The molecule has 0 saturated heterocycles. The highest BCUT2D eigenvalue weighted by molar-refractivity contribution is 6.11. The van der Waals surface area contributed by atoms with E-state index < -0.39 is 11.8 Å². The third-order valence-electron chi connectivity index (χ3n) is 1.14. The molecule has 0 heterocycles. The summed E-state index contributed by atoms with van der Waals surface area (Å²) in [5, 5.41) is 8.64. The number of rotatable bonds is 2. The molecule has 2 amide bonds. The lowest BCUT2D eigenvalue weighted by Gasteiger charge is -2.00. The summed E-state index contributed by atoms with van der Waals surface area (Å²) in [5.74, 6) is 0.736. The van der Waals surface area contributed by atoms with E-state index in [9.17, 15) is 9.59 Å². The first-order valence-corrected chi connectivity index (χ1v) is 3.26. The van der Waals surface area contributed by atoms with Crippen LogP contribution in [0.1, 0.15) is 13.8 Å². The fourth-order valence-corrected chi connectivity index (χ4v) is 0.360. The second-order valence-corrected chi connectivity index (χ2v) is 2.31. The Kier molecular flexibility index (Phi) is 3.67. The van der Waals surface area contributed by atoms with Gasteiger partial charge in [0.05, 0.1) is 5.57 Å². The molecule has 64 valence electrons. The van der Waals surface area contributed by atoms with Gasteiger partial charge in [-0.2, -0.15) is 0 Å². The largest absolute Gasteiger partial charge is 0.288 e. The molecule has 12 heavy (non-hydrogen) atoms. The van der Waals surface area contributed by atoms with Gasteiger partial charge in [-0.3, -0.25) is 20.3 Å². The normalized spacial score (nSPS) is 8.17. The predicted octanol–water partition coefficient (Wildman–Crippen LogP) is 0.400. The Hall–Kier alpha value is -1.67. The molecule has 0 rings (SSSR count). The second-order valence-electron chi connectivity index (χ2n) is 2.31. The zero-order valence-corrected chi connectivity index (χ0v) is 7.02. The first kappa shape index (κ1) is 10.3. The lowest BCUT2D eigenvalue weighted by Crippen LogP contribution is -2.31. The summed E-state index contributed by atoms with van der Waals surface area (Å²) in [4.78, 5) is 21.7. The van der Waals surface area contributed by atoms with Gasteiger partial charge in [-0.15, -0.1) is 0 Å². The third kappa shape index (κ3) is 2.94. The van der Waals surface area contributed by atoms with E-state index in [1.165, 1.54) is 13.8 Å². The Balaban J connectivity index is 4.30. The predicted molar refractivity (Wildman–Crippen MR) is 44.9 cm³/mol. The molecule has 0 aliphatic heterocycles. The van der Waals surface area contributed by atoms with E-state index >= 15 is 0 Å². The number of carbonyl (C=O) groups excluding carboxylic acids is 2. The summed E-state index contributed by atoms with van der Waals surface area (Å²) in [6, 6.07) is 0. The minimum Gasteiger partial charge on any atom is -0.288 e. The van der Waals surface area contributed by atoms with Crippen LogP contribution in [0.4, 0.5) is 0 Å². The van der Waals surface area contributed by atoms with E-state index in [0.29, 0.717) is 0 Å². The van der Waals surface area contributed by atoms with Crippen LogP contribution in [0.2, 0.25) is 0 Å². The van der Waals surface area contributed by atoms with E-state index in [1.807, 2.05) is 11.2 Å². The van der Waals surface area contributed by atoms with Gasteiger partial charge >= 0.3 is 0 Å². The molecule has 0 aromatic carbocycles. The maximum atomic E-state index is 10.9. The topological polar surface area (TPSA) is 70.0 Å². The average molecular weight is 166 g/mol. The summed E-state index contributed by atoms with van der Waals surface area (Å²) in [6.07, 6.45) is 0. The van der Waals surface area contributed by atoms with Gasteiger partial charge in [0.2, 0.25) is 0 Å². The van der Waals surface area contributed by atoms with E-state index in [4.69, 9.17) is 5.41 Å². The molecule has 0 bridgehead atoms. The standard InChI is InChI=1S/C8H10N2O2/c1-5(2)7(11)10-8(12)6(3)4-9/h9H,1H2,2-3H3,(H,10,11,12). The summed E-state index contributed by atoms with van der Waals surface area (Å²) >= 11 is 0. The molecule has 0 atom stereocenters. The molecule has 4 heteroatoms. The van der Waals surface area contributed by atoms with Crippen LogP contribution in [0, 0.1) is 5.41 Å². The number of hydrogen-bond donors (Lipinski definition) is 2. The van der Waals surface area contributed by atoms with Gasteiger partial charge in [0, 0.05) is 5.57 Å². The van der Waals surface area contributed by atoms with Gasteiger partial charge in [0.15, 0.2) is 0 Å². The SMILES string of the molecule is C=C(C)C(=O)NC(=O)C(C)=C=N. The van der Waals surface area contributed by atoms with Crippen molar-refractivity contribution >= 4 is 17.7 Å². The van der Waals surface area contributed by atoms with Gasteiger partial charge in [0.1, 0.15) is 0 Å². The second kappa shape index (κ2) is 4.26. The minimum atomic E-state index is -0.613. The van der Waals surface area contributed by atoms with Crippen molar-refractivity contribution in [3.63, 3.8) is 0 Å². The Morgan fingerprint density at radius 2 is 1.83 bits per heavy atom. The van der Waals surface area contributed by atoms with Crippen molar-refractivity contribution in [2.45, 2.75) is 13.8 Å². The molecular formula is C8H10N2O2. The fraction of sp³-hybridized carbons (Fsp3) is 0.250. The highest BCUT2D eigenvalue weighted by Gasteiger charge is 2.08. The lowest BCUT2D eigenvalue weighted by molar-refractivity contribution is -0.126. The summed E-state index contributed by atoms with van der Waals surface area (Å²) < 4.78 is 0. The highest BCUT2D eigenvalue weighted by atomic mass is 16.2. The van der Waals surface area contributed by atoms with E-state index in [0.717, 1.165) is 0 Å². The maximum absolute atomic E-state index is 10.9. The van der Waals surface area contributed by atoms with Crippen LogP contribution in [0.3, 0.4) is 0 Å². The molecule has 0 aliphatic rings. The van der Waals surface area contributed by atoms with Gasteiger partial charge in [0.25, 0.3) is 11.8 Å². The molecule has 0 aromatic heterocycles. The van der Waals surface area contributed by atoms with Crippen molar-refractivity contribution in [2.24, 2.45) is 0 Å². The molecule has 0 unspecified atom stereocenters. The van der Waals surface area contributed by atoms with Gasteiger partial charge in [-0.25, -0.2) is 0 Å². The number of carbonyl (C=O) groups is 2. The Bertz CT molecular complexity index is 285. The van der Waals surface area contributed by atoms with E-state index in [1.54, 1.807) is 0 Å². The zero-order chi connectivity index (χ0) is 9.72. The van der Waals surface area contributed by atoms with Crippen molar-refractivity contribution in [2.75, 3.05) is 0 Å². The molecule has 0 fully saturated rings. The molecular weight excluding hydrogens is 156 g/mol. The van der Waals surface area contributed by atoms with E-state index in [2.05, 4.69) is 6.58 Å². The van der Waals surface area contributed by atoms with E-state index in [-0.39, 0.29) is 11.1 Å². The van der Waals surface area contributed by atoms with Crippen LogP contribution in [0.5, 0.6) is 0 Å². The molecule has 0 aliphatic carbocycles. The summed E-state index contributed by atoms with van der Waals surface area (Å²) in [7, 11) is 0. The van der Waals surface area contributed by atoms with Crippen LogP contribution in [0.25, 0.3) is 0 Å².